The summed E-state index contributed by atoms with van der Waals surface area (Å²) in [5.74, 6) is 1.43. The van der Waals surface area contributed by atoms with E-state index in [-0.39, 0.29) is 5.69 Å². The summed E-state index contributed by atoms with van der Waals surface area (Å²) in [5, 5.41) is 14.8. The molecule has 0 amide bonds. The number of anilines is 1. The topological polar surface area (TPSA) is 67.5 Å². The second kappa shape index (κ2) is 4.98. The number of nitrogens with one attached hydrogen (secondary N) is 1. The maximum Gasteiger partial charge on any atom is 0.269 e. The summed E-state index contributed by atoms with van der Waals surface area (Å²) in [7, 11) is 0. The summed E-state index contributed by atoms with van der Waals surface area (Å²) in [6, 6.07) is 6.26. The van der Waals surface area contributed by atoms with Crippen LogP contribution in [0.25, 0.3) is 0 Å². The lowest BCUT2D eigenvalue weighted by Crippen LogP contribution is -2.48. The average molecular weight is 285 g/mol. The van der Waals surface area contributed by atoms with E-state index in [2.05, 4.69) is 30.5 Å². The third-order valence-corrected chi connectivity index (χ3v) is 5.00. The van der Waals surface area contributed by atoms with E-state index in [0.29, 0.717) is 11.3 Å². The number of hydrogen-bond acceptors (Lipinski definition) is 4. The molecule has 3 aliphatic rings. The Morgan fingerprint density at radius 2 is 2.10 bits per heavy atom. The minimum Gasteiger partial charge on any atom is -0.279 e. The van der Waals surface area contributed by atoms with Gasteiger partial charge in [-0.05, 0) is 47.8 Å². The summed E-state index contributed by atoms with van der Waals surface area (Å²) in [4.78, 5) is 10.2. The maximum atomic E-state index is 10.6. The molecular weight excluding hydrogens is 266 g/mol. The first-order valence-corrected chi connectivity index (χ1v) is 7.22. The van der Waals surface area contributed by atoms with Gasteiger partial charge in [0.15, 0.2) is 0 Å². The lowest BCUT2D eigenvalue weighted by atomic mass is 9.49. The Kier molecular flexibility index (Phi) is 3.27. The van der Waals surface area contributed by atoms with E-state index >= 15 is 0 Å². The van der Waals surface area contributed by atoms with Crippen molar-refractivity contribution >= 4 is 17.6 Å². The van der Waals surface area contributed by atoms with Crippen molar-refractivity contribution in [3.63, 3.8) is 0 Å². The van der Waals surface area contributed by atoms with Crippen molar-refractivity contribution in [2.24, 2.45) is 22.4 Å². The molecule has 1 fully saturated rings. The van der Waals surface area contributed by atoms with Gasteiger partial charge in [0.2, 0.25) is 0 Å². The van der Waals surface area contributed by atoms with E-state index in [0.717, 1.165) is 18.0 Å². The number of non-ortho nitro benzene ring substituents is 1. The van der Waals surface area contributed by atoms with Gasteiger partial charge in [0.05, 0.1) is 16.8 Å². The van der Waals surface area contributed by atoms with Crippen LogP contribution in [0.3, 0.4) is 0 Å². The molecule has 4 rings (SSSR count). The first-order chi connectivity index (χ1) is 9.98. The van der Waals surface area contributed by atoms with Gasteiger partial charge in [-0.3, -0.25) is 15.5 Å². The van der Waals surface area contributed by atoms with Crippen molar-refractivity contribution in [1.29, 1.82) is 0 Å². The minimum atomic E-state index is -0.408. The van der Waals surface area contributed by atoms with E-state index in [1.807, 2.05) is 6.21 Å². The number of allylic oxidation sites excluding steroid dienone is 2. The van der Waals surface area contributed by atoms with Crippen LogP contribution in [0, 0.1) is 27.4 Å². The Morgan fingerprint density at radius 1 is 1.38 bits per heavy atom. The molecule has 2 bridgehead atoms. The first kappa shape index (κ1) is 13.8. The summed E-state index contributed by atoms with van der Waals surface area (Å²) >= 11 is 0. The Morgan fingerprint density at radius 3 is 2.67 bits per heavy atom. The molecule has 0 aliphatic heterocycles. The monoisotopic (exact) mass is 285 g/mol. The highest BCUT2D eigenvalue weighted by molar-refractivity contribution is 5.81. The van der Waals surface area contributed by atoms with Gasteiger partial charge < -0.3 is 0 Å². The average Bonchev–Trinajstić information content (AvgIpc) is 2.47. The van der Waals surface area contributed by atoms with Crippen LogP contribution in [0.1, 0.15) is 26.7 Å². The fourth-order valence-corrected chi connectivity index (χ4v) is 3.38. The molecule has 1 saturated carbocycles. The normalized spacial score (nSPS) is 26.1. The van der Waals surface area contributed by atoms with Crippen molar-refractivity contribution in [2.75, 3.05) is 5.43 Å². The highest BCUT2D eigenvalue weighted by Gasteiger charge is 2.50. The Bertz CT molecular complexity index is 617. The van der Waals surface area contributed by atoms with E-state index in [1.165, 1.54) is 24.1 Å². The zero-order valence-corrected chi connectivity index (χ0v) is 12.2. The van der Waals surface area contributed by atoms with E-state index in [9.17, 15) is 10.1 Å². The minimum absolute atomic E-state index is 0.0850. The summed E-state index contributed by atoms with van der Waals surface area (Å²) < 4.78 is 0. The van der Waals surface area contributed by atoms with E-state index < -0.39 is 4.92 Å². The maximum absolute atomic E-state index is 10.6. The molecule has 1 N–H and O–H groups in total. The molecule has 1 aromatic rings. The molecule has 5 nitrogen and oxygen atoms in total. The van der Waals surface area contributed by atoms with Crippen LogP contribution < -0.4 is 5.43 Å². The zero-order valence-electron chi connectivity index (χ0n) is 12.2. The number of nitro benzene ring substituents is 1. The van der Waals surface area contributed by atoms with Crippen molar-refractivity contribution in [3.05, 3.63) is 46.0 Å². The molecule has 5 heteroatoms. The fraction of sp³-hybridized carbons (Fsp3) is 0.438. The van der Waals surface area contributed by atoms with Crippen molar-refractivity contribution in [3.8, 4) is 0 Å². The van der Waals surface area contributed by atoms with Gasteiger partial charge in [-0.15, -0.1) is 0 Å². The molecule has 0 spiro atoms. The number of benzene rings is 1. The number of nitro groups is 1. The molecule has 0 heterocycles. The molecule has 1 aromatic carbocycles. The number of hydrazone groups is 1. The first-order valence-electron chi connectivity index (χ1n) is 7.22. The van der Waals surface area contributed by atoms with Gasteiger partial charge in [0, 0.05) is 12.1 Å². The molecule has 110 valence electrons. The van der Waals surface area contributed by atoms with Gasteiger partial charge in [0.25, 0.3) is 5.69 Å². The Balaban J connectivity index is 1.63. The van der Waals surface area contributed by atoms with Crippen LogP contribution in [0.2, 0.25) is 0 Å². The molecular formula is C16H19N3O2. The molecule has 3 aliphatic carbocycles. The summed E-state index contributed by atoms with van der Waals surface area (Å²) in [5.41, 5.74) is 5.46. The van der Waals surface area contributed by atoms with Crippen molar-refractivity contribution in [2.45, 2.75) is 26.7 Å². The number of hydrogen-bond donors (Lipinski definition) is 1. The molecule has 21 heavy (non-hydrogen) atoms. The summed E-state index contributed by atoms with van der Waals surface area (Å²) in [6.07, 6.45) is 6.58. The highest BCUT2D eigenvalue weighted by Crippen LogP contribution is 2.58. The third kappa shape index (κ3) is 2.44. The van der Waals surface area contributed by atoms with Gasteiger partial charge in [-0.1, -0.05) is 19.9 Å². The van der Waals surface area contributed by atoms with Crippen LogP contribution in [0.15, 0.2) is 41.0 Å². The van der Waals surface area contributed by atoms with Crippen molar-refractivity contribution in [1.82, 2.24) is 0 Å². The fourth-order valence-electron chi connectivity index (χ4n) is 3.38. The van der Waals surface area contributed by atoms with E-state index in [1.54, 1.807) is 12.1 Å². The number of rotatable bonds is 4. The lowest BCUT2D eigenvalue weighted by molar-refractivity contribution is -0.384. The van der Waals surface area contributed by atoms with Crippen LogP contribution in [0.5, 0.6) is 0 Å². The second-order valence-corrected chi connectivity index (χ2v) is 6.42. The molecule has 2 atom stereocenters. The number of fused-ring (bicyclic) bond motifs is 1. The zero-order chi connectivity index (χ0) is 15.0. The van der Waals surface area contributed by atoms with Gasteiger partial charge >= 0.3 is 0 Å². The van der Waals surface area contributed by atoms with Crippen LogP contribution >= 0.6 is 0 Å². The lowest BCUT2D eigenvalue weighted by Gasteiger charge is -2.55. The van der Waals surface area contributed by atoms with Crippen molar-refractivity contribution < 1.29 is 4.92 Å². The molecule has 2 unspecified atom stereocenters. The van der Waals surface area contributed by atoms with Crippen LogP contribution in [0.4, 0.5) is 11.4 Å². The largest absolute Gasteiger partial charge is 0.279 e. The predicted molar refractivity (Wildman–Crippen MR) is 83.3 cm³/mol. The second-order valence-electron chi connectivity index (χ2n) is 6.42. The smallest absolute Gasteiger partial charge is 0.269 e. The highest BCUT2D eigenvalue weighted by atomic mass is 16.6. The number of nitrogens with zero attached hydrogens (tertiary/aromatic N) is 2. The molecule has 0 aromatic heterocycles. The van der Waals surface area contributed by atoms with E-state index in [4.69, 9.17) is 0 Å². The molecule has 0 radical (unpaired) electrons. The van der Waals surface area contributed by atoms with Gasteiger partial charge in [0.1, 0.15) is 0 Å². The van der Waals surface area contributed by atoms with Gasteiger partial charge in [-0.2, -0.15) is 5.10 Å². The Labute approximate surface area is 123 Å². The van der Waals surface area contributed by atoms with Gasteiger partial charge in [-0.25, -0.2) is 0 Å². The Hall–Kier alpha value is -2.17. The molecule has 0 saturated heterocycles. The predicted octanol–water partition coefficient (Wildman–Crippen LogP) is 3.98. The van der Waals surface area contributed by atoms with Crippen LogP contribution in [-0.2, 0) is 0 Å². The van der Waals surface area contributed by atoms with Crippen LogP contribution in [-0.4, -0.2) is 11.1 Å². The summed E-state index contributed by atoms with van der Waals surface area (Å²) in [6.45, 7) is 4.66. The quantitative estimate of drug-likeness (QED) is 0.517. The SMILES string of the molecule is CC1(C)C2CC=C(/C=N/Nc3ccc([N+](=O)[O-])cc3)C1C2. The standard InChI is InChI=1S/C16H19N3O2/c1-16(2)12-4-3-11(15(16)9-12)10-17-18-13-5-7-14(8-6-13)19(20)21/h3,5-8,10,12,15,18H,4,9H2,1-2H3/b17-10+. The third-order valence-electron chi connectivity index (χ3n) is 5.00.